The number of rotatable bonds is 8. The minimum Gasteiger partial charge on any atom is -0.490 e. The van der Waals surface area contributed by atoms with Gasteiger partial charge in [0.15, 0.2) is 0 Å². The summed E-state index contributed by atoms with van der Waals surface area (Å²) in [6.07, 6.45) is 5.44. The van der Waals surface area contributed by atoms with Crippen LogP contribution in [0, 0.1) is 5.82 Å². The first-order valence-corrected chi connectivity index (χ1v) is 10.3. The molecule has 0 bridgehead atoms. The number of benzene rings is 2. The van der Waals surface area contributed by atoms with Gasteiger partial charge >= 0.3 is 0 Å². The van der Waals surface area contributed by atoms with Crippen molar-refractivity contribution >= 4 is 33.5 Å². The molecule has 0 atom stereocenters. The number of hydrogen-bond acceptors (Lipinski definition) is 3. The summed E-state index contributed by atoms with van der Waals surface area (Å²) in [5.74, 6) is 0.479. The molecule has 0 aliphatic rings. The molecular formula is C22H26ClFN4O. The third-order valence-electron chi connectivity index (χ3n) is 4.52. The number of nitrogens with zero attached hydrogens (tertiary/aromatic N) is 1. The Labute approximate surface area is 174 Å². The molecule has 4 rings (SSSR count). The van der Waals surface area contributed by atoms with Gasteiger partial charge in [-0.3, -0.25) is 0 Å². The van der Waals surface area contributed by atoms with E-state index in [9.17, 15) is 4.39 Å². The Balaban J connectivity index is 0.00000117. The second-order valence-electron chi connectivity index (χ2n) is 6.41. The normalized spacial score (nSPS) is 10.9. The van der Waals surface area contributed by atoms with Gasteiger partial charge in [-0.25, -0.2) is 9.37 Å². The van der Waals surface area contributed by atoms with E-state index in [2.05, 4.69) is 20.3 Å². The van der Waals surface area contributed by atoms with Crippen molar-refractivity contribution in [3.8, 4) is 5.75 Å². The number of H-pyrrole nitrogens is 2. The standard InChI is InChI=1S/C20H20ClFN4O.C2H6/c21-14-8-18-20(26-12-25-18)19(9-14)27-7-6-23-5-1-2-13-11-24-17-4-3-15(22)10-16(13)17;1-2/h3-4,8-12,23-24H,1-2,5-7H2,(H,25,26);1-2H3. The molecule has 0 saturated heterocycles. The van der Waals surface area contributed by atoms with E-state index in [1.807, 2.05) is 26.1 Å². The SMILES string of the molecule is CC.Fc1ccc2[nH]cc(CCCNCCOc3cc(Cl)cc4[nH]cnc34)c2c1. The third kappa shape index (κ3) is 5.28. The van der Waals surface area contributed by atoms with E-state index in [0.29, 0.717) is 17.4 Å². The van der Waals surface area contributed by atoms with Crippen LogP contribution < -0.4 is 10.1 Å². The van der Waals surface area contributed by atoms with Crippen molar-refractivity contribution in [2.24, 2.45) is 0 Å². The van der Waals surface area contributed by atoms with E-state index in [-0.39, 0.29) is 5.82 Å². The van der Waals surface area contributed by atoms with Gasteiger partial charge in [0.1, 0.15) is 23.7 Å². The van der Waals surface area contributed by atoms with Gasteiger partial charge in [0, 0.05) is 34.7 Å². The molecule has 0 fully saturated rings. The van der Waals surface area contributed by atoms with Crippen LogP contribution in [-0.2, 0) is 6.42 Å². The molecule has 7 heteroatoms. The summed E-state index contributed by atoms with van der Waals surface area (Å²) in [6.45, 7) is 6.11. The van der Waals surface area contributed by atoms with E-state index in [1.165, 1.54) is 6.07 Å². The van der Waals surface area contributed by atoms with E-state index in [0.717, 1.165) is 53.4 Å². The molecule has 2 aromatic carbocycles. The topological polar surface area (TPSA) is 65.7 Å². The zero-order valence-electron chi connectivity index (χ0n) is 16.7. The number of nitrogens with one attached hydrogen (secondary N) is 3. The second-order valence-corrected chi connectivity index (χ2v) is 6.84. The quantitative estimate of drug-likeness (QED) is 0.334. The van der Waals surface area contributed by atoms with Crippen molar-refractivity contribution in [1.29, 1.82) is 0 Å². The number of fused-ring (bicyclic) bond motifs is 2. The number of hydrogen-bond donors (Lipinski definition) is 3. The highest BCUT2D eigenvalue weighted by Gasteiger charge is 2.07. The molecule has 0 spiro atoms. The molecule has 0 unspecified atom stereocenters. The summed E-state index contributed by atoms with van der Waals surface area (Å²) < 4.78 is 19.2. The van der Waals surface area contributed by atoms with Crippen LogP contribution in [-0.4, -0.2) is 34.6 Å². The molecule has 2 heterocycles. The molecule has 0 aliphatic carbocycles. The molecule has 0 aliphatic heterocycles. The van der Waals surface area contributed by atoms with Crippen LogP contribution in [0.4, 0.5) is 4.39 Å². The summed E-state index contributed by atoms with van der Waals surface area (Å²) in [5, 5.41) is 4.94. The predicted octanol–water partition coefficient (Wildman–Crippen LogP) is 5.46. The van der Waals surface area contributed by atoms with Crippen LogP contribution in [0.25, 0.3) is 21.9 Å². The van der Waals surface area contributed by atoms with E-state index in [4.69, 9.17) is 16.3 Å². The molecule has 5 nitrogen and oxygen atoms in total. The fourth-order valence-electron chi connectivity index (χ4n) is 3.21. The van der Waals surface area contributed by atoms with Gasteiger partial charge in [-0.1, -0.05) is 25.4 Å². The van der Waals surface area contributed by atoms with Gasteiger partial charge < -0.3 is 20.0 Å². The molecule has 4 aromatic rings. The van der Waals surface area contributed by atoms with Crippen LogP contribution in [0.5, 0.6) is 5.75 Å². The van der Waals surface area contributed by atoms with Gasteiger partial charge in [-0.2, -0.15) is 0 Å². The molecule has 0 amide bonds. The number of aromatic nitrogens is 3. The number of halogens is 2. The van der Waals surface area contributed by atoms with E-state index >= 15 is 0 Å². The summed E-state index contributed by atoms with van der Waals surface area (Å²) in [5.41, 5.74) is 3.76. The average molecular weight is 417 g/mol. The lowest BCUT2D eigenvalue weighted by molar-refractivity contribution is 0.317. The van der Waals surface area contributed by atoms with Crippen LogP contribution in [0.15, 0.2) is 42.9 Å². The zero-order chi connectivity index (χ0) is 20.6. The minimum absolute atomic E-state index is 0.203. The lowest BCUT2D eigenvalue weighted by atomic mass is 10.1. The highest BCUT2D eigenvalue weighted by molar-refractivity contribution is 6.31. The smallest absolute Gasteiger partial charge is 0.148 e. The molecule has 0 radical (unpaired) electrons. The molecule has 154 valence electrons. The van der Waals surface area contributed by atoms with Gasteiger partial charge in [0.05, 0.1) is 11.8 Å². The zero-order valence-corrected chi connectivity index (χ0v) is 17.4. The Morgan fingerprint density at radius 2 is 1.97 bits per heavy atom. The highest BCUT2D eigenvalue weighted by Crippen LogP contribution is 2.27. The maximum Gasteiger partial charge on any atom is 0.148 e. The predicted molar refractivity (Wildman–Crippen MR) is 117 cm³/mol. The number of aryl methyl sites for hydroxylation is 1. The van der Waals surface area contributed by atoms with Crippen molar-refractivity contribution < 1.29 is 9.13 Å². The van der Waals surface area contributed by atoms with E-state index in [1.54, 1.807) is 24.5 Å². The van der Waals surface area contributed by atoms with Gasteiger partial charge in [0.25, 0.3) is 0 Å². The third-order valence-corrected chi connectivity index (χ3v) is 4.74. The Kier molecular flexibility index (Phi) is 7.49. The fourth-order valence-corrected chi connectivity index (χ4v) is 3.42. The van der Waals surface area contributed by atoms with Crippen LogP contribution in [0.2, 0.25) is 5.02 Å². The first-order chi connectivity index (χ1) is 14.2. The molecular weight excluding hydrogens is 391 g/mol. The highest BCUT2D eigenvalue weighted by atomic mass is 35.5. The maximum atomic E-state index is 13.4. The molecule has 3 N–H and O–H groups in total. The lowest BCUT2D eigenvalue weighted by Crippen LogP contribution is -2.22. The number of ether oxygens (including phenoxy) is 1. The Hall–Kier alpha value is -2.57. The Morgan fingerprint density at radius 1 is 1.10 bits per heavy atom. The molecule has 0 saturated carbocycles. The first kappa shape index (κ1) is 21.1. The van der Waals surface area contributed by atoms with Crippen molar-refractivity contribution in [3.63, 3.8) is 0 Å². The second kappa shape index (κ2) is 10.3. The summed E-state index contributed by atoms with van der Waals surface area (Å²) in [7, 11) is 0. The van der Waals surface area contributed by atoms with Crippen molar-refractivity contribution in [3.05, 3.63) is 59.3 Å². The average Bonchev–Trinajstić information content (AvgIpc) is 3.35. The van der Waals surface area contributed by atoms with Crippen molar-refractivity contribution in [2.45, 2.75) is 26.7 Å². The Morgan fingerprint density at radius 3 is 2.83 bits per heavy atom. The number of aromatic amines is 2. The minimum atomic E-state index is -0.203. The summed E-state index contributed by atoms with van der Waals surface area (Å²) in [4.78, 5) is 10.5. The van der Waals surface area contributed by atoms with Crippen LogP contribution >= 0.6 is 11.6 Å². The monoisotopic (exact) mass is 416 g/mol. The largest absolute Gasteiger partial charge is 0.490 e. The Bertz CT molecular complexity index is 1060. The summed E-state index contributed by atoms with van der Waals surface area (Å²) >= 11 is 6.09. The maximum absolute atomic E-state index is 13.4. The van der Waals surface area contributed by atoms with Crippen molar-refractivity contribution in [1.82, 2.24) is 20.3 Å². The first-order valence-electron chi connectivity index (χ1n) is 9.92. The lowest BCUT2D eigenvalue weighted by Gasteiger charge is -2.08. The van der Waals surface area contributed by atoms with Gasteiger partial charge in [0.2, 0.25) is 0 Å². The van der Waals surface area contributed by atoms with E-state index < -0.39 is 0 Å². The van der Waals surface area contributed by atoms with Gasteiger partial charge in [-0.05, 0) is 49.2 Å². The van der Waals surface area contributed by atoms with Crippen molar-refractivity contribution in [2.75, 3.05) is 19.7 Å². The van der Waals surface area contributed by atoms with Crippen LogP contribution in [0.3, 0.4) is 0 Å². The van der Waals surface area contributed by atoms with Gasteiger partial charge in [-0.15, -0.1) is 0 Å². The van der Waals surface area contributed by atoms with Crippen LogP contribution in [0.1, 0.15) is 25.8 Å². The summed E-state index contributed by atoms with van der Waals surface area (Å²) in [6, 6.07) is 8.44. The fraction of sp³-hybridized carbons (Fsp3) is 0.318. The molecule has 29 heavy (non-hydrogen) atoms. The molecule has 2 aromatic heterocycles. The number of imidazole rings is 1.